The summed E-state index contributed by atoms with van der Waals surface area (Å²) >= 11 is 2.74. The first kappa shape index (κ1) is 25.5. The first-order valence-corrected chi connectivity index (χ1v) is 13.1. The van der Waals surface area contributed by atoms with E-state index in [0.717, 1.165) is 0 Å². The zero-order valence-electron chi connectivity index (χ0n) is 19.8. The number of fused-ring (bicyclic) bond motifs is 1. The number of primary amides is 1. The maximum Gasteiger partial charge on any atom is 0.274 e. The molecule has 0 aromatic carbocycles. The number of hydrogen-bond acceptors (Lipinski definition) is 10. The molecule has 1 aromatic heterocycles. The van der Waals surface area contributed by atoms with Crippen molar-refractivity contribution >= 4 is 51.9 Å². The summed E-state index contributed by atoms with van der Waals surface area (Å²) in [6.07, 6.45) is -0.853. The number of carbonyl (C=O) groups is 4. The van der Waals surface area contributed by atoms with Crippen LogP contribution in [0.15, 0.2) is 16.0 Å². The van der Waals surface area contributed by atoms with E-state index < -0.39 is 23.9 Å². The molecule has 0 aliphatic carbocycles. The third-order valence-corrected chi connectivity index (χ3v) is 8.99. The number of nitrogens with zero attached hydrogens (tertiary/aromatic N) is 4. The van der Waals surface area contributed by atoms with Crippen molar-refractivity contribution in [3.63, 3.8) is 0 Å². The first-order valence-electron chi connectivity index (χ1n) is 11.3. The van der Waals surface area contributed by atoms with Crippen LogP contribution in [0.3, 0.4) is 0 Å². The van der Waals surface area contributed by atoms with Crippen LogP contribution in [0.4, 0.5) is 5.13 Å². The summed E-state index contributed by atoms with van der Waals surface area (Å²) in [6, 6.07) is -0.582. The summed E-state index contributed by atoms with van der Waals surface area (Å²) in [4.78, 5) is 58.1. The van der Waals surface area contributed by atoms with Gasteiger partial charge in [-0.3, -0.25) is 14.4 Å². The van der Waals surface area contributed by atoms with Crippen molar-refractivity contribution in [2.45, 2.75) is 51.1 Å². The molecule has 4 heterocycles. The number of β-lactam (4-membered cyclic amide) rings is 1. The molecule has 11 nitrogen and oxygen atoms in total. The largest absolute Gasteiger partial charge is 0.543 e. The van der Waals surface area contributed by atoms with Crippen LogP contribution < -0.4 is 15.7 Å². The molecule has 2 saturated heterocycles. The Bertz CT molecular complexity index is 1100. The Balaban J connectivity index is 1.41. The fourth-order valence-electron chi connectivity index (χ4n) is 4.83. The second-order valence-corrected chi connectivity index (χ2v) is 11.6. The molecule has 13 heteroatoms. The smallest absolute Gasteiger partial charge is 0.274 e. The van der Waals surface area contributed by atoms with Crippen molar-refractivity contribution in [1.29, 1.82) is 0 Å². The van der Waals surface area contributed by atoms with E-state index in [1.54, 1.807) is 26.2 Å². The summed E-state index contributed by atoms with van der Waals surface area (Å²) in [7, 11) is 0. The van der Waals surface area contributed by atoms with Crippen molar-refractivity contribution < 1.29 is 29.4 Å². The van der Waals surface area contributed by atoms with Gasteiger partial charge in [-0.1, -0.05) is 6.92 Å². The average Bonchev–Trinajstić information content (AvgIpc) is 3.29. The number of amides is 3. The fraction of sp³-hybridized carbons (Fsp3) is 0.591. The van der Waals surface area contributed by atoms with Crippen LogP contribution >= 0.6 is 23.1 Å². The Kier molecular flexibility index (Phi) is 6.86. The highest BCUT2D eigenvalue weighted by Crippen LogP contribution is 2.52. The quantitative estimate of drug-likeness (QED) is 0.397. The summed E-state index contributed by atoms with van der Waals surface area (Å²) in [6.45, 7) is 8.01. The average molecular weight is 523 g/mol. The lowest BCUT2D eigenvalue weighted by molar-refractivity contribution is -0.301. The van der Waals surface area contributed by atoms with Gasteiger partial charge in [0.05, 0.1) is 36.3 Å². The van der Waals surface area contributed by atoms with Crippen molar-refractivity contribution in [2.75, 3.05) is 24.5 Å². The maximum absolute atomic E-state index is 12.8. The highest BCUT2D eigenvalue weighted by Gasteiger charge is 2.59. The zero-order chi connectivity index (χ0) is 25.8. The van der Waals surface area contributed by atoms with E-state index >= 15 is 0 Å². The van der Waals surface area contributed by atoms with Gasteiger partial charge in [-0.25, -0.2) is 4.98 Å². The molecule has 0 bridgehead atoms. The Morgan fingerprint density at radius 1 is 1.34 bits per heavy atom. The number of thioether (sulfide) groups is 1. The third-order valence-electron chi connectivity index (χ3n) is 6.64. The molecule has 2 fully saturated rings. The van der Waals surface area contributed by atoms with E-state index in [2.05, 4.69) is 4.98 Å². The van der Waals surface area contributed by atoms with Gasteiger partial charge in [0.1, 0.15) is 5.69 Å². The fourth-order valence-corrected chi connectivity index (χ4v) is 7.16. The monoisotopic (exact) mass is 522 g/mol. The van der Waals surface area contributed by atoms with E-state index in [4.69, 9.17) is 5.73 Å². The highest BCUT2D eigenvalue weighted by atomic mass is 32.2. The molecule has 1 aromatic rings. The van der Waals surface area contributed by atoms with Crippen LogP contribution in [0.1, 0.15) is 38.2 Å². The molecule has 0 saturated carbocycles. The molecule has 3 N–H and O–H groups in total. The van der Waals surface area contributed by atoms with E-state index in [1.165, 1.54) is 32.9 Å². The minimum absolute atomic E-state index is 0.0747. The molecular formula is C22H28N5O6S2-. The Hall–Kier alpha value is -2.64. The Labute approximate surface area is 210 Å². The van der Waals surface area contributed by atoms with E-state index in [0.29, 0.717) is 23.1 Å². The standard InChI is InChI=1S/C22H29N5O6S2/c1-9(2)26(7-14(23)29)19(30)13-8-34-22(24-13)25-5-12(6-25)35-18-10(3)16-15(11(4)28)20(31)27(16)17(18)21(32)33/h8-12,15-16,28H,5-7H2,1-4H3,(H2,23,29)(H,32,33)/p-1/t10-,11-,15-,16-/m1/s1. The number of hydrogen-bond donors (Lipinski definition) is 2. The predicted molar refractivity (Wildman–Crippen MR) is 128 cm³/mol. The topological polar surface area (TPSA) is 160 Å². The van der Waals surface area contributed by atoms with Gasteiger partial charge < -0.3 is 35.4 Å². The number of aliphatic carboxylic acids is 1. The molecule has 0 unspecified atom stereocenters. The molecule has 35 heavy (non-hydrogen) atoms. The van der Waals surface area contributed by atoms with Gasteiger partial charge in [-0.05, 0) is 20.8 Å². The van der Waals surface area contributed by atoms with Gasteiger partial charge in [-0.15, -0.1) is 23.1 Å². The van der Waals surface area contributed by atoms with Gasteiger partial charge in [0.15, 0.2) is 5.13 Å². The molecule has 3 aliphatic rings. The van der Waals surface area contributed by atoms with Crippen LogP contribution in [-0.2, 0) is 14.4 Å². The van der Waals surface area contributed by atoms with Crippen LogP contribution in [0.2, 0.25) is 0 Å². The van der Waals surface area contributed by atoms with Gasteiger partial charge in [0.2, 0.25) is 11.8 Å². The summed E-state index contributed by atoms with van der Waals surface area (Å²) < 4.78 is 0. The molecule has 3 aliphatic heterocycles. The first-order chi connectivity index (χ1) is 16.4. The van der Waals surface area contributed by atoms with E-state index in [1.807, 2.05) is 11.8 Å². The summed E-state index contributed by atoms with van der Waals surface area (Å²) in [5.74, 6) is -3.55. The van der Waals surface area contributed by atoms with Crippen molar-refractivity contribution in [3.05, 3.63) is 21.7 Å². The number of aliphatic hydroxyl groups is 1. The van der Waals surface area contributed by atoms with Crippen molar-refractivity contribution in [1.82, 2.24) is 14.8 Å². The molecule has 0 spiro atoms. The Morgan fingerprint density at radius 2 is 2.00 bits per heavy atom. The minimum Gasteiger partial charge on any atom is -0.543 e. The lowest BCUT2D eigenvalue weighted by Crippen LogP contribution is -2.64. The number of anilines is 1. The van der Waals surface area contributed by atoms with Gasteiger partial charge >= 0.3 is 0 Å². The summed E-state index contributed by atoms with van der Waals surface area (Å²) in [5.41, 5.74) is 5.42. The molecule has 3 amide bonds. The number of aromatic nitrogens is 1. The predicted octanol–water partition coefficient (Wildman–Crippen LogP) is -0.780. The number of thiazole rings is 1. The van der Waals surface area contributed by atoms with E-state index in [-0.39, 0.29) is 53.0 Å². The number of nitrogens with two attached hydrogens (primary N) is 1. The third kappa shape index (κ3) is 4.40. The molecule has 4 atom stereocenters. The SMILES string of the molecule is CC(C)N(CC(N)=O)C(=O)c1csc(N2CC(SC3=C(C(=O)[O-])N4C(=O)[C@H]([C@@H](C)O)[C@H]4[C@H]3C)C2)n1. The van der Waals surface area contributed by atoms with Gasteiger partial charge in [0.25, 0.3) is 5.91 Å². The molecular weight excluding hydrogens is 494 g/mol. The van der Waals surface area contributed by atoms with Crippen LogP contribution in [0.25, 0.3) is 0 Å². The number of carboxylic acids is 1. The Morgan fingerprint density at radius 3 is 2.54 bits per heavy atom. The zero-order valence-corrected chi connectivity index (χ0v) is 21.5. The van der Waals surface area contributed by atoms with Crippen molar-refractivity contribution in [2.24, 2.45) is 17.6 Å². The minimum atomic E-state index is -1.39. The molecule has 0 radical (unpaired) electrons. The highest BCUT2D eigenvalue weighted by molar-refractivity contribution is 8.03. The number of aliphatic hydroxyl groups excluding tert-OH is 1. The van der Waals surface area contributed by atoms with Gasteiger partial charge in [-0.2, -0.15) is 0 Å². The lowest BCUT2D eigenvalue weighted by atomic mass is 9.79. The van der Waals surface area contributed by atoms with Crippen LogP contribution in [-0.4, -0.2) is 86.7 Å². The maximum atomic E-state index is 12.8. The molecule has 4 rings (SSSR count). The number of carboxylic acid groups (broad SMARTS) is 1. The van der Waals surface area contributed by atoms with Gasteiger partial charge in [0, 0.05) is 40.6 Å². The van der Waals surface area contributed by atoms with Crippen LogP contribution in [0, 0.1) is 11.8 Å². The normalized spacial score (nSPS) is 24.9. The second-order valence-electron chi connectivity index (χ2n) is 9.41. The van der Waals surface area contributed by atoms with Crippen LogP contribution in [0.5, 0.6) is 0 Å². The number of rotatable bonds is 9. The second kappa shape index (κ2) is 9.43. The summed E-state index contributed by atoms with van der Waals surface area (Å²) in [5, 5.41) is 24.2. The molecule has 190 valence electrons. The number of carbonyl (C=O) groups excluding carboxylic acids is 4. The van der Waals surface area contributed by atoms with E-state index in [9.17, 15) is 29.4 Å². The lowest BCUT2D eigenvalue weighted by Gasteiger charge is -2.47. The van der Waals surface area contributed by atoms with Crippen molar-refractivity contribution in [3.8, 4) is 0 Å².